The van der Waals surface area contributed by atoms with E-state index in [2.05, 4.69) is 0 Å². The van der Waals surface area contributed by atoms with E-state index >= 15 is 0 Å². The highest BCUT2D eigenvalue weighted by molar-refractivity contribution is 6.14. The van der Waals surface area contributed by atoms with Gasteiger partial charge in [-0.3, -0.25) is 0 Å². The molecular weight excluding hydrogens is 192 g/mol. The molecule has 1 rings (SSSR count). The van der Waals surface area contributed by atoms with E-state index in [0.29, 0.717) is 6.29 Å². The molecule has 1 aliphatic carbocycles. The molecule has 0 aromatic carbocycles. The number of allylic oxidation sites excluding steroid dienone is 4. The van der Waals surface area contributed by atoms with Gasteiger partial charge >= 0.3 is 6.18 Å². The van der Waals surface area contributed by atoms with Gasteiger partial charge in [0.1, 0.15) is 6.29 Å². The third-order valence-corrected chi connectivity index (χ3v) is 2.13. The van der Waals surface area contributed by atoms with Crippen molar-refractivity contribution in [1.29, 1.82) is 0 Å². The van der Waals surface area contributed by atoms with Crippen molar-refractivity contribution >= 4 is 14.1 Å². The fraction of sp³-hybridized carbons (Fsp3) is 0.444. The first-order chi connectivity index (χ1) is 6.36. The van der Waals surface area contributed by atoms with Crippen molar-refractivity contribution in [3.8, 4) is 0 Å². The topological polar surface area (TPSA) is 17.1 Å². The quantitative estimate of drug-likeness (QED) is 0.468. The smallest absolute Gasteiger partial charge is 0.303 e. The lowest BCUT2D eigenvalue weighted by atomic mass is 9.72. The molecule has 0 fully saturated rings. The van der Waals surface area contributed by atoms with Gasteiger partial charge in [-0.15, -0.1) is 0 Å². The highest BCUT2D eigenvalue weighted by Gasteiger charge is 2.37. The summed E-state index contributed by atoms with van der Waals surface area (Å²) in [6, 6.07) is 0. The predicted molar refractivity (Wildman–Crippen MR) is 47.0 cm³/mol. The number of alkyl halides is 3. The van der Waals surface area contributed by atoms with Crippen LogP contribution in [0.15, 0.2) is 23.3 Å². The molecule has 2 atom stereocenters. The van der Waals surface area contributed by atoms with Gasteiger partial charge in [-0.1, -0.05) is 12.2 Å². The zero-order valence-electron chi connectivity index (χ0n) is 7.51. The van der Waals surface area contributed by atoms with Gasteiger partial charge < -0.3 is 4.79 Å². The Morgan fingerprint density at radius 3 is 2.43 bits per heavy atom. The van der Waals surface area contributed by atoms with Crippen molar-refractivity contribution in [2.75, 3.05) is 0 Å². The van der Waals surface area contributed by atoms with E-state index in [1.807, 2.05) is 0 Å². The molecule has 1 nitrogen and oxygen atoms in total. The van der Waals surface area contributed by atoms with Crippen LogP contribution in [0.25, 0.3) is 0 Å². The molecule has 5 heteroatoms. The molecule has 0 spiro atoms. The first-order valence-electron chi connectivity index (χ1n) is 4.05. The van der Waals surface area contributed by atoms with E-state index in [1.165, 1.54) is 13.0 Å². The standard InChI is InChI=1S/C9H8BF3O/c1-5-2-8(10)6(4-14)3-7(5)9(11,12)13/h2-4,6,8H,1H3. The Hall–Kier alpha value is -0.995. The molecule has 0 heterocycles. The number of hydrogen-bond acceptors (Lipinski definition) is 1. The van der Waals surface area contributed by atoms with Crippen LogP contribution >= 0.6 is 0 Å². The van der Waals surface area contributed by atoms with Crippen LogP contribution in [0.2, 0.25) is 5.82 Å². The Kier molecular flexibility index (Phi) is 2.88. The third-order valence-electron chi connectivity index (χ3n) is 2.13. The van der Waals surface area contributed by atoms with Crippen LogP contribution in [0, 0.1) is 5.92 Å². The second-order valence-electron chi connectivity index (χ2n) is 3.22. The van der Waals surface area contributed by atoms with Crippen LogP contribution in [0.4, 0.5) is 13.2 Å². The van der Waals surface area contributed by atoms with Crippen molar-refractivity contribution in [2.24, 2.45) is 5.92 Å². The van der Waals surface area contributed by atoms with E-state index in [-0.39, 0.29) is 5.57 Å². The van der Waals surface area contributed by atoms with Gasteiger partial charge in [0.05, 0.1) is 13.4 Å². The summed E-state index contributed by atoms with van der Waals surface area (Å²) in [6.45, 7) is 1.33. The van der Waals surface area contributed by atoms with Crippen molar-refractivity contribution in [2.45, 2.75) is 18.9 Å². The second-order valence-corrected chi connectivity index (χ2v) is 3.22. The van der Waals surface area contributed by atoms with E-state index in [9.17, 15) is 18.0 Å². The maximum absolute atomic E-state index is 12.4. The van der Waals surface area contributed by atoms with E-state index in [1.54, 1.807) is 0 Å². The van der Waals surface area contributed by atoms with E-state index in [0.717, 1.165) is 6.08 Å². The van der Waals surface area contributed by atoms with Crippen molar-refractivity contribution in [3.63, 3.8) is 0 Å². The summed E-state index contributed by atoms with van der Waals surface area (Å²) < 4.78 is 37.1. The Bertz CT molecular complexity index is 304. The SMILES string of the molecule is [B]C1C=C(C)C(C(F)(F)F)=CC1C=O. The van der Waals surface area contributed by atoms with Gasteiger partial charge in [-0.25, -0.2) is 0 Å². The molecule has 0 aromatic heterocycles. The number of hydrogen-bond donors (Lipinski definition) is 0. The van der Waals surface area contributed by atoms with Crippen LogP contribution in [0.1, 0.15) is 6.92 Å². The van der Waals surface area contributed by atoms with Gasteiger partial charge in [-0.2, -0.15) is 13.2 Å². The zero-order valence-corrected chi connectivity index (χ0v) is 7.51. The Morgan fingerprint density at radius 1 is 1.43 bits per heavy atom. The number of carbonyl (C=O) groups is 1. The molecule has 0 saturated heterocycles. The van der Waals surface area contributed by atoms with Crippen molar-refractivity contribution < 1.29 is 18.0 Å². The summed E-state index contributed by atoms with van der Waals surface area (Å²) in [7, 11) is 5.47. The van der Waals surface area contributed by atoms with Gasteiger partial charge in [0.15, 0.2) is 0 Å². The minimum Gasteiger partial charge on any atom is -0.303 e. The molecule has 14 heavy (non-hydrogen) atoms. The summed E-state index contributed by atoms with van der Waals surface area (Å²) in [4.78, 5) is 10.4. The highest BCUT2D eigenvalue weighted by Crippen LogP contribution is 2.37. The fourth-order valence-corrected chi connectivity index (χ4v) is 1.37. The summed E-state index contributed by atoms with van der Waals surface area (Å²) in [5.41, 5.74) is -0.695. The molecule has 0 aliphatic heterocycles. The number of halogens is 3. The number of rotatable bonds is 1. The maximum atomic E-state index is 12.4. The zero-order chi connectivity index (χ0) is 10.9. The Morgan fingerprint density at radius 2 is 2.00 bits per heavy atom. The third kappa shape index (κ3) is 2.08. The van der Waals surface area contributed by atoms with Crippen LogP contribution in [0.3, 0.4) is 0 Å². The average Bonchev–Trinajstić information content (AvgIpc) is 2.02. The Labute approximate surface area is 81.1 Å². The van der Waals surface area contributed by atoms with Gasteiger partial charge in [-0.05, 0) is 18.3 Å². The van der Waals surface area contributed by atoms with Gasteiger partial charge in [0, 0.05) is 5.92 Å². The molecule has 0 N–H and O–H groups in total. The summed E-state index contributed by atoms with van der Waals surface area (Å²) in [6.07, 6.45) is -1.84. The van der Waals surface area contributed by atoms with Gasteiger partial charge in [0.2, 0.25) is 0 Å². The summed E-state index contributed by atoms with van der Waals surface area (Å²) >= 11 is 0. The molecule has 74 valence electrons. The lowest BCUT2D eigenvalue weighted by Gasteiger charge is -2.23. The molecule has 0 amide bonds. The molecule has 0 saturated carbocycles. The molecule has 2 unspecified atom stereocenters. The van der Waals surface area contributed by atoms with Crippen LogP contribution in [-0.2, 0) is 4.79 Å². The minimum atomic E-state index is -4.41. The van der Waals surface area contributed by atoms with Crippen LogP contribution < -0.4 is 0 Å². The van der Waals surface area contributed by atoms with Crippen LogP contribution in [0.5, 0.6) is 0 Å². The number of aldehydes is 1. The first-order valence-corrected chi connectivity index (χ1v) is 4.05. The van der Waals surface area contributed by atoms with E-state index in [4.69, 9.17) is 7.85 Å². The summed E-state index contributed by atoms with van der Waals surface area (Å²) in [5, 5.41) is 0. The molecule has 0 bridgehead atoms. The second kappa shape index (κ2) is 3.63. The van der Waals surface area contributed by atoms with Crippen molar-refractivity contribution in [3.05, 3.63) is 23.3 Å². The van der Waals surface area contributed by atoms with Crippen LogP contribution in [-0.4, -0.2) is 20.3 Å². The molecule has 0 aromatic rings. The lowest BCUT2D eigenvalue weighted by Crippen LogP contribution is -2.20. The number of carbonyl (C=O) groups excluding carboxylic acids is 1. The average molecular weight is 200 g/mol. The lowest BCUT2D eigenvalue weighted by molar-refractivity contribution is -0.110. The Balaban J connectivity index is 3.06. The highest BCUT2D eigenvalue weighted by atomic mass is 19.4. The minimum absolute atomic E-state index is 0.0723. The fourth-order valence-electron chi connectivity index (χ4n) is 1.37. The largest absolute Gasteiger partial charge is 0.416 e. The molecule has 1 aliphatic rings. The van der Waals surface area contributed by atoms with Gasteiger partial charge in [0.25, 0.3) is 0 Å². The first kappa shape index (κ1) is 11.1. The predicted octanol–water partition coefficient (Wildman–Crippen LogP) is 2.21. The normalized spacial score (nSPS) is 28.0. The van der Waals surface area contributed by atoms with Crippen molar-refractivity contribution in [1.82, 2.24) is 0 Å². The molecule has 2 radical (unpaired) electrons. The summed E-state index contributed by atoms with van der Waals surface area (Å²) in [5.74, 6) is -1.53. The maximum Gasteiger partial charge on any atom is 0.416 e. The molecular formula is C9H8BF3O. The van der Waals surface area contributed by atoms with E-state index < -0.39 is 23.5 Å². The monoisotopic (exact) mass is 200 g/mol.